The topological polar surface area (TPSA) is 190 Å². The van der Waals surface area contributed by atoms with E-state index in [1.807, 2.05) is 81.4 Å². The number of benzene rings is 2. The number of carbonyl (C=O) groups excluding carboxylic acids is 3. The highest BCUT2D eigenvalue weighted by molar-refractivity contribution is 5.88. The minimum absolute atomic E-state index is 0.120. The number of pyridine rings is 1. The second-order valence-corrected chi connectivity index (χ2v) is 17.2. The first-order chi connectivity index (χ1) is 28.6. The second-order valence-electron chi connectivity index (χ2n) is 17.2. The molecule has 0 bridgehead atoms. The number of methoxy groups -OCH3 is 1. The molecule has 2 aliphatic heterocycles. The van der Waals surface area contributed by atoms with E-state index in [1.165, 1.54) is 14.2 Å². The number of hydrogen-bond donors (Lipinski definition) is 4. The number of alkyl carbamates (subject to hydrolysis) is 1. The molecule has 60 heavy (non-hydrogen) atoms. The Labute approximate surface area is 349 Å². The van der Waals surface area contributed by atoms with Gasteiger partial charge in [-0.15, -0.1) is 0 Å². The van der Waals surface area contributed by atoms with Gasteiger partial charge in [-0.3, -0.25) is 14.5 Å². The van der Waals surface area contributed by atoms with Crippen molar-refractivity contribution in [3.63, 3.8) is 0 Å². The number of carbonyl (C=O) groups is 4. The van der Waals surface area contributed by atoms with Crippen molar-refractivity contribution in [1.82, 2.24) is 44.9 Å². The Hall–Kier alpha value is -6.25. The lowest BCUT2D eigenvalue weighted by Crippen LogP contribution is -2.51. The van der Waals surface area contributed by atoms with E-state index in [4.69, 9.17) is 19.7 Å². The summed E-state index contributed by atoms with van der Waals surface area (Å²) in [6.07, 6.45) is 3.40. The molecule has 3 aromatic heterocycles. The molecule has 316 valence electrons. The Morgan fingerprint density at radius 2 is 1.32 bits per heavy atom. The number of aromatic amines is 2. The first-order valence-corrected chi connectivity index (χ1v) is 20.7. The number of likely N-dealkylation sites (tertiary alicyclic amines) is 2. The summed E-state index contributed by atoms with van der Waals surface area (Å²) in [7, 11) is 2.74. The first-order valence-electron chi connectivity index (χ1n) is 20.7. The second kappa shape index (κ2) is 17.2. The minimum atomic E-state index is -1.13. The molecule has 4 N–H and O–H groups in total. The van der Waals surface area contributed by atoms with Crippen LogP contribution in [-0.2, 0) is 14.3 Å². The molecule has 2 aromatic carbocycles. The van der Waals surface area contributed by atoms with Crippen molar-refractivity contribution in [2.45, 2.75) is 78.6 Å². The highest BCUT2D eigenvalue weighted by Gasteiger charge is 2.42. The van der Waals surface area contributed by atoms with Crippen LogP contribution in [0.2, 0.25) is 0 Å². The number of fused-ring (bicyclic) bond motifs is 1. The van der Waals surface area contributed by atoms with Crippen molar-refractivity contribution in [1.29, 1.82) is 0 Å². The summed E-state index contributed by atoms with van der Waals surface area (Å²) in [5, 5.41) is 13.3. The van der Waals surface area contributed by atoms with Gasteiger partial charge >= 0.3 is 12.2 Å². The number of hydrogen-bond acceptors (Lipinski definition) is 8. The van der Waals surface area contributed by atoms with E-state index >= 15 is 0 Å². The third-order valence-corrected chi connectivity index (χ3v) is 11.9. The summed E-state index contributed by atoms with van der Waals surface area (Å²) in [5.41, 5.74) is 5.98. The van der Waals surface area contributed by atoms with Gasteiger partial charge in [0.2, 0.25) is 11.8 Å². The Morgan fingerprint density at radius 1 is 0.750 bits per heavy atom. The molecule has 2 fully saturated rings. The number of imidazole rings is 2. The molecule has 0 unspecified atom stereocenters. The van der Waals surface area contributed by atoms with Crippen LogP contribution in [0.5, 0.6) is 0 Å². The molecule has 4 amide bonds. The minimum Gasteiger partial charge on any atom is -0.465 e. The molecule has 7 rings (SSSR count). The fourth-order valence-electron chi connectivity index (χ4n) is 8.74. The summed E-state index contributed by atoms with van der Waals surface area (Å²) in [6.45, 7) is 12.8. The molecule has 5 aromatic rings. The number of ether oxygens (including phenoxy) is 1. The highest BCUT2D eigenvalue weighted by atomic mass is 16.5. The van der Waals surface area contributed by atoms with Crippen LogP contribution in [0.15, 0.2) is 67.0 Å². The average Bonchev–Trinajstić information content (AvgIpc) is 4.06. The molecule has 15 heteroatoms. The van der Waals surface area contributed by atoms with Crippen LogP contribution in [0.3, 0.4) is 0 Å². The lowest BCUT2D eigenvalue weighted by atomic mass is 10.0. The summed E-state index contributed by atoms with van der Waals surface area (Å²) < 4.78 is 4.78. The van der Waals surface area contributed by atoms with Gasteiger partial charge in [-0.05, 0) is 65.8 Å². The number of carboxylic acid groups (broad SMARTS) is 1. The predicted molar refractivity (Wildman–Crippen MR) is 227 cm³/mol. The van der Waals surface area contributed by atoms with Crippen molar-refractivity contribution in [3.8, 4) is 33.8 Å². The molecule has 0 aliphatic carbocycles. The molecule has 6 atom stereocenters. The number of amides is 4. The zero-order valence-corrected chi connectivity index (χ0v) is 35.5. The van der Waals surface area contributed by atoms with Gasteiger partial charge in [-0.25, -0.2) is 24.5 Å². The molecule has 5 heterocycles. The molecule has 0 saturated carbocycles. The first kappa shape index (κ1) is 41.9. The smallest absolute Gasteiger partial charge is 0.407 e. The summed E-state index contributed by atoms with van der Waals surface area (Å²) in [4.78, 5) is 77.4. The van der Waals surface area contributed by atoms with Gasteiger partial charge in [0.1, 0.15) is 29.4 Å². The van der Waals surface area contributed by atoms with E-state index in [0.717, 1.165) is 51.0 Å². The van der Waals surface area contributed by atoms with Gasteiger partial charge < -0.3 is 34.9 Å². The third-order valence-electron chi connectivity index (χ3n) is 11.9. The lowest BCUT2D eigenvalue weighted by Gasteiger charge is -2.33. The van der Waals surface area contributed by atoms with E-state index in [2.05, 4.69) is 47.3 Å². The molecule has 0 spiro atoms. The van der Waals surface area contributed by atoms with Gasteiger partial charge in [-0.2, -0.15) is 0 Å². The third kappa shape index (κ3) is 8.43. The van der Waals surface area contributed by atoms with E-state index in [9.17, 15) is 24.3 Å². The number of likely N-dealkylation sites (N-methyl/N-ethyl adjacent to an activating group) is 1. The molecular weight excluding hydrogens is 763 g/mol. The van der Waals surface area contributed by atoms with Crippen molar-refractivity contribution < 1.29 is 29.0 Å². The standard InChI is InChI=1S/C45H55N9O6/c1-24(2)38(51-44(57)60-8)42(55)53-22-26(5)17-36(53)40-46-20-34(49-40)29-11-9-28(10-12-29)30-13-15-32-31(19-30)14-16-33(48-32)35-21-47-41(50-35)37-18-27(6)23-54(37)43(56)39(25(3)4)52(7)45(58)59/h9-16,19-21,24-27,36-39H,17-18,22-23H2,1-8H3,(H,46,49)(H,47,50)(H,51,57)(H,58,59)/t26-,27-,36-,37-,38-,39-/m0/s1. The monoisotopic (exact) mass is 817 g/mol. The van der Waals surface area contributed by atoms with Crippen molar-refractivity contribution in [2.75, 3.05) is 27.2 Å². The highest BCUT2D eigenvalue weighted by Crippen LogP contribution is 2.38. The van der Waals surface area contributed by atoms with Gasteiger partial charge in [0, 0.05) is 43.5 Å². The summed E-state index contributed by atoms with van der Waals surface area (Å²) in [5.74, 6) is 1.20. The molecule has 0 radical (unpaired) electrons. The molecule has 15 nitrogen and oxygen atoms in total. The normalized spacial score (nSPS) is 20.2. The van der Waals surface area contributed by atoms with Crippen LogP contribution in [-0.4, -0.2) is 108 Å². The van der Waals surface area contributed by atoms with Crippen LogP contribution >= 0.6 is 0 Å². The van der Waals surface area contributed by atoms with Crippen molar-refractivity contribution >= 4 is 34.9 Å². The van der Waals surface area contributed by atoms with Gasteiger partial charge in [0.25, 0.3) is 0 Å². The Bertz CT molecular complexity index is 2370. The summed E-state index contributed by atoms with van der Waals surface area (Å²) >= 11 is 0. The Balaban J connectivity index is 1.05. The fraction of sp³-hybridized carbons (Fsp3) is 0.444. The number of aromatic nitrogens is 5. The lowest BCUT2D eigenvalue weighted by molar-refractivity contribution is -0.138. The van der Waals surface area contributed by atoms with Crippen molar-refractivity contribution in [2.24, 2.45) is 23.7 Å². The Kier molecular flexibility index (Phi) is 12.0. The van der Waals surface area contributed by atoms with Gasteiger partial charge in [0.05, 0.1) is 36.1 Å². The average molecular weight is 818 g/mol. The number of rotatable bonds is 11. The van der Waals surface area contributed by atoms with E-state index in [0.29, 0.717) is 36.1 Å². The number of nitrogens with zero attached hydrogens (tertiary/aromatic N) is 6. The van der Waals surface area contributed by atoms with Crippen LogP contribution < -0.4 is 5.32 Å². The van der Waals surface area contributed by atoms with E-state index in [-0.39, 0.29) is 47.6 Å². The summed E-state index contributed by atoms with van der Waals surface area (Å²) in [6, 6.07) is 16.3. The zero-order valence-electron chi connectivity index (χ0n) is 35.5. The molecular formula is C45H55N9O6. The predicted octanol–water partition coefficient (Wildman–Crippen LogP) is 7.52. The van der Waals surface area contributed by atoms with Gasteiger partial charge in [-0.1, -0.05) is 77.9 Å². The van der Waals surface area contributed by atoms with Crippen LogP contribution in [0.4, 0.5) is 9.59 Å². The van der Waals surface area contributed by atoms with Crippen LogP contribution in [0, 0.1) is 23.7 Å². The SMILES string of the molecule is COC(=O)N[C@H](C(=O)N1C[C@@H](C)C[C@H]1c1nc(-c2ccc(-c3ccc4nc(-c5c[nH]c([C@@H]6C[C@H](C)CN6C(=O)[C@H](C(C)C)N(C)C(=O)O)n5)ccc4c3)cc2)c[nH]1)C(C)C. The largest absolute Gasteiger partial charge is 0.465 e. The maximum absolute atomic E-state index is 13.8. The number of H-pyrrole nitrogens is 2. The maximum atomic E-state index is 13.8. The number of nitrogens with one attached hydrogen (secondary N) is 3. The maximum Gasteiger partial charge on any atom is 0.407 e. The van der Waals surface area contributed by atoms with E-state index in [1.54, 1.807) is 4.90 Å². The van der Waals surface area contributed by atoms with Crippen LogP contribution in [0.1, 0.15) is 78.1 Å². The molecule has 2 saturated heterocycles. The fourth-order valence-corrected chi connectivity index (χ4v) is 8.74. The molecule has 2 aliphatic rings. The van der Waals surface area contributed by atoms with E-state index < -0.39 is 24.3 Å². The Morgan fingerprint density at radius 3 is 1.90 bits per heavy atom. The van der Waals surface area contributed by atoms with Crippen LogP contribution in [0.25, 0.3) is 44.7 Å². The quantitative estimate of drug-likeness (QED) is 0.105. The zero-order chi connectivity index (χ0) is 43.0. The van der Waals surface area contributed by atoms with Crippen molar-refractivity contribution in [3.05, 3.63) is 78.6 Å². The van der Waals surface area contributed by atoms with Gasteiger partial charge in [0.15, 0.2) is 0 Å².